The molecule has 0 spiro atoms. The molecule has 0 aromatic heterocycles. The van der Waals surface area contributed by atoms with Crippen LogP contribution in [-0.2, 0) is 0 Å². The smallest absolute Gasteiger partial charge is 0.255 e. The fourth-order valence-corrected chi connectivity index (χ4v) is 4.49. The number of hydrogen-bond acceptors (Lipinski definition) is 3. The number of halogens is 2. The summed E-state index contributed by atoms with van der Waals surface area (Å²) in [7, 11) is 0. The van der Waals surface area contributed by atoms with Gasteiger partial charge >= 0.3 is 0 Å². The summed E-state index contributed by atoms with van der Waals surface area (Å²) in [4.78, 5) is 19.4. The molecule has 148 valence electrons. The summed E-state index contributed by atoms with van der Waals surface area (Å²) in [5, 5.41) is 0.508. The molecule has 2 aliphatic rings. The standard InChI is InChI=1S/C22H25ClFN3O/c23-19-8-2-1-7-18(19)22(28)27-11-5-6-17(16-27)25-12-14-26(15-13-25)21-10-4-3-9-20(21)24/h1-4,7-10,17H,5-6,11-16H2. The van der Waals surface area contributed by atoms with E-state index in [9.17, 15) is 9.18 Å². The van der Waals surface area contributed by atoms with Crippen LogP contribution in [0.5, 0.6) is 0 Å². The Balaban J connectivity index is 1.37. The maximum absolute atomic E-state index is 14.0. The molecule has 0 saturated carbocycles. The Bertz CT molecular complexity index is 838. The van der Waals surface area contributed by atoms with Crippen molar-refractivity contribution in [2.45, 2.75) is 18.9 Å². The first-order chi connectivity index (χ1) is 13.6. The average molecular weight is 402 g/mol. The Morgan fingerprint density at radius 3 is 2.43 bits per heavy atom. The number of carbonyl (C=O) groups excluding carboxylic acids is 1. The molecule has 2 heterocycles. The molecule has 6 heteroatoms. The number of anilines is 1. The van der Waals surface area contributed by atoms with Gasteiger partial charge in [-0.05, 0) is 37.1 Å². The Labute approximate surface area is 170 Å². The molecule has 2 aromatic rings. The van der Waals surface area contributed by atoms with Crippen molar-refractivity contribution in [3.63, 3.8) is 0 Å². The Kier molecular flexibility index (Phi) is 5.83. The summed E-state index contributed by atoms with van der Waals surface area (Å²) >= 11 is 6.22. The van der Waals surface area contributed by atoms with Crippen LogP contribution in [0.4, 0.5) is 10.1 Å². The van der Waals surface area contributed by atoms with Crippen LogP contribution in [0, 0.1) is 5.82 Å². The maximum atomic E-state index is 14.0. The predicted molar refractivity (Wildman–Crippen MR) is 111 cm³/mol. The van der Waals surface area contributed by atoms with Gasteiger partial charge in [0.2, 0.25) is 0 Å². The van der Waals surface area contributed by atoms with Gasteiger partial charge in [0, 0.05) is 45.3 Å². The molecule has 1 unspecified atom stereocenters. The first-order valence-electron chi connectivity index (χ1n) is 9.91. The van der Waals surface area contributed by atoms with Gasteiger partial charge in [-0.15, -0.1) is 0 Å². The number of benzene rings is 2. The van der Waals surface area contributed by atoms with Gasteiger partial charge in [-0.3, -0.25) is 9.69 Å². The highest BCUT2D eigenvalue weighted by Crippen LogP contribution is 2.25. The minimum atomic E-state index is -0.162. The highest BCUT2D eigenvalue weighted by Gasteiger charge is 2.31. The third-order valence-electron chi connectivity index (χ3n) is 5.81. The van der Waals surface area contributed by atoms with Crippen molar-refractivity contribution >= 4 is 23.2 Å². The quantitative estimate of drug-likeness (QED) is 0.780. The number of piperidine rings is 1. The van der Waals surface area contributed by atoms with Crippen molar-refractivity contribution < 1.29 is 9.18 Å². The number of nitrogens with zero attached hydrogens (tertiary/aromatic N) is 3. The second kappa shape index (κ2) is 8.50. The number of likely N-dealkylation sites (tertiary alicyclic amines) is 1. The van der Waals surface area contributed by atoms with Crippen LogP contribution in [0.1, 0.15) is 23.2 Å². The molecule has 2 fully saturated rings. The van der Waals surface area contributed by atoms with E-state index < -0.39 is 0 Å². The van der Waals surface area contributed by atoms with Gasteiger partial charge in [0.05, 0.1) is 16.3 Å². The van der Waals surface area contributed by atoms with Crippen LogP contribution < -0.4 is 4.90 Å². The van der Waals surface area contributed by atoms with Gasteiger partial charge in [0.15, 0.2) is 0 Å². The summed E-state index contributed by atoms with van der Waals surface area (Å²) in [6.07, 6.45) is 2.08. The topological polar surface area (TPSA) is 26.8 Å². The van der Waals surface area contributed by atoms with Gasteiger partial charge in [0.1, 0.15) is 5.82 Å². The molecule has 0 N–H and O–H groups in total. The number of piperazine rings is 1. The molecule has 2 saturated heterocycles. The van der Waals surface area contributed by atoms with Crippen molar-refractivity contribution in [1.29, 1.82) is 0 Å². The zero-order valence-corrected chi connectivity index (χ0v) is 16.6. The lowest BCUT2D eigenvalue weighted by Crippen LogP contribution is -2.56. The van der Waals surface area contributed by atoms with E-state index in [0.29, 0.717) is 22.3 Å². The lowest BCUT2D eigenvalue weighted by atomic mass is 10.0. The number of para-hydroxylation sites is 1. The van der Waals surface area contributed by atoms with Gasteiger partial charge in [-0.1, -0.05) is 35.9 Å². The Morgan fingerprint density at radius 1 is 0.964 bits per heavy atom. The van der Waals surface area contributed by atoms with Gasteiger partial charge < -0.3 is 9.80 Å². The van der Waals surface area contributed by atoms with Crippen molar-refractivity contribution in [2.75, 3.05) is 44.2 Å². The van der Waals surface area contributed by atoms with E-state index in [1.54, 1.807) is 18.2 Å². The molecule has 1 atom stereocenters. The van der Waals surface area contributed by atoms with Crippen LogP contribution in [0.2, 0.25) is 5.02 Å². The summed E-state index contributed by atoms with van der Waals surface area (Å²) in [6.45, 7) is 4.87. The lowest BCUT2D eigenvalue weighted by Gasteiger charge is -2.44. The highest BCUT2D eigenvalue weighted by atomic mass is 35.5. The zero-order chi connectivity index (χ0) is 19.5. The van der Waals surface area contributed by atoms with E-state index in [4.69, 9.17) is 11.6 Å². The van der Waals surface area contributed by atoms with E-state index in [2.05, 4.69) is 9.80 Å². The van der Waals surface area contributed by atoms with Gasteiger partial charge in [-0.2, -0.15) is 0 Å². The molecule has 0 radical (unpaired) electrons. The lowest BCUT2D eigenvalue weighted by molar-refractivity contribution is 0.0563. The predicted octanol–water partition coefficient (Wildman–Crippen LogP) is 3.91. The number of hydrogen-bond donors (Lipinski definition) is 0. The van der Waals surface area contributed by atoms with Crippen LogP contribution in [0.3, 0.4) is 0 Å². The number of rotatable bonds is 3. The minimum absolute atomic E-state index is 0.0142. The van der Waals surface area contributed by atoms with Crippen molar-refractivity contribution in [2.24, 2.45) is 0 Å². The molecule has 1 amide bonds. The molecular weight excluding hydrogens is 377 g/mol. The largest absolute Gasteiger partial charge is 0.367 e. The van der Waals surface area contributed by atoms with E-state index in [1.807, 2.05) is 29.2 Å². The van der Waals surface area contributed by atoms with Crippen molar-refractivity contribution in [3.8, 4) is 0 Å². The SMILES string of the molecule is O=C(c1ccccc1Cl)N1CCCC(N2CCN(c3ccccc3F)CC2)C1. The van der Waals surface area contributed by atoms with Crippen molar-refractivity contribution in [3.05, 3.63) is 64.9 Å². The molecule has 28 heavy (non-hydrogen) atoms. The third kappa shape index (κ3) is 4.01. The first-order valence-corrected chi connectivity index (χ1v) is 10.3. The van der Waals surface area contributed by atoms with E-state index in [1.165, 1.54) is 6.07 Å². The molecule has 2 aliphatic heterocycles. The monoisotopic (exact) mass is 401 g/mol. The van der Waals surface area contributed by atoms with Gasteiger partial charge in [-0.25, -0.2) is 4.39 Å². The average Bonchev–Trinajstić information content (AvgIpc) is 2.74. The Morgan fingerprint density at radius 2 is 1.68 bits per heavy atom. The molecular formula is C22H25ClFN3O. The highest BCUT2D eigenvalue weighted by molar-refractivity contribution is 6.33. The third-order valence-corrected chi connectivity index (χ3v) is 6.14. The molecule has 2 aromatic carbocycles. The number of carbonyl (C=O) groups is 1. The number of amides is 1. The van der Waals surface area contributed by atoms with Crippen LogP contribution in [0.25, 0.3) is 0 Å². The van der Waals surface area contributed by atoms with E-state index in [-0.39, 0.29) is 11.7 Å². The van der Waals surface area contributed by atoms with Crippen molar-refractivity contribution in [1.82, 2.24) is 9.80 Å². The minimum Gasteiger partial charge on any atom is -0.367 e. The van der Waals surface area contributed by atoms with Crippen LogP contribution in [0.15, 0.2) is 48.5 Å². The summed E-state index contributed by atoms with van der Waals surface area (Å²) in [5.41, 5.74) is 1.26. The molecule has 0 bridgehead atoms. The fourth-order valence-electron chi connectivity index (χ4n) is 4.28. The first kappa shape index (κ1) is 19.2. The van der Waals surface area contributed by atoms with Gasteiger partial charge in [0.25, 0.3) is 5.91 Å². The van der Waals surface area contributed by atoms with E-state index >= 15 is 0 Å². The zero-order valence-electron chi connectivity index (χ0n) is 15.9. The molecule has 4 rings (SSSR count). The second-order valence-electron chi connectivity index (χ2n) is 7.50. The second-order valence-corrected chi connectivity index (χ2v) is 7.91. The Hall–Kier alpha value is -2.11. The summed E-state index contributed by atoms with van der Waals surface area (Å²) in [6, 6.07) is 14.6. The summed E-state index contributed by atoms with van der Waals surface area (Å²) in [5.74, 6) is -0.148. The normalized spacial score (nSPS) is 21.0. The van der Waals surface area contributed by atoms with Crippen LogP contribution >= 0.6 is 11.6 Å². The van der Waals surface area contributed by atoms with Crippen LogP contribution in [-0.4, -0.2) is 61.0 Å². The van der Waals surface area contributed by atoms with E-state index in [0.717, 1.165) is 52.1 Å². The summed E-state index contributed by atoms with van der Waals surface area (Å²) < 4.78 is 14.0. The maximum Gasteiger partial charge on any atom is 0.255 e. The fraction of sp³-hybridized carbons (Fsp3) is 0.409. The molecule has 0 aliphatic carbocycles. The molecule has 4 nitrogen and oxygen atoms in total.